The molecule has 5 heteroatoms. The van der Waals surface area contributed by atoms with Crippen LogP contribution in [0.3, 0.4) is 0 Å². The number of carbonyl (C=O) groups is 1. The fourth-order valence-electron chi connectivity index (χ4n) is 1.66. The van der Waals surface area contributed by atoms with Crippen LogP contribution in [-0.4, -0.2) is 5.91 Å². The van der Waals surface area contributed by atoms with E-state index in [4.69, 9.17) is 23.1 Å². The zero-order valence-electron chi connectivity index (χ0n) is 9.28. The van der Waals surface area contributed by atoms with Gasteiger partial charge < -0.3 is 11.5 Å². The molecule has 18 heavy (non-hydrogen) atoms. The number of hydrogen-bond donors (Lipinski definition) is 2. The zero-order valence-corrected chi connectivity index (χ0v) is 11.6. The SMILES string of the molecule is NC(=O)c1cccc(-c2ccc(Cl)c(Br)c2N)c1. The number of nitrogens with two attached hydrogens (primary N) is 2. The summed E-state index contributed by atoms with van der Waals surface area (Å²) in [5.74, 6) is -0.469. The Kier molecular flexibility index (Phi) is 3.59. The second kappa shape index (κ2) is 5.00. The minimum absolute atomic E-state index is 0.443. The van der Waals surface area contributed by atoms with Gasteiger partial charge in [-0.2, -0.15) is 0 Å². The Morgan fingerprint density at radius 2 is 1.94 bits per heavy atom. The molecule has 0 radical (unpaired) electrons. The van der Waals surface area contributed by atoms with Gasteiger partial charge in [-0.25, -0.2) is 0 Å². The maximum atomic E-state index is 11.2. The fourth-order valence-corrected chi connectivity index (χ4v) is 2.17. The Bertz CT molecular complexity index is 628. The normalized spacial score (nSPS) is 10.3. The molecular weight excluding hydrogens is 316 g/mol. The van der Waals surface area contributed by atoms with E-state index >= 15 is 0 Å². The smallest absolute Gasteiger partial charge is 0.248 e. The highest BCUT2D eigenvalue weighted by atomic mass is 79.9. The predicted molar refractivity (Wildman–Crippen MR) is 77.5 cm³/mol. The summed E-state index contributed by atoms with van der Waals surface area (Å²) >= 11 is 9.28. The van der Waals surface area contributed by atoms with E-state index in [0.29, 0.717) is 20.7 Å². The van der Waals surface area contributed by atoms with Crippen molar-refractivity contribution in [3.63, 3.8) is 0 Å². The highest BCUT2D eigenvalue weighted by Crippen LogP contribution is 2.36. The average Bonchev–Trinajstić information content (AvgIpc) is 2.36. The Hall–Kier alpha value is -1.52. The summed E-state index contributed by atoms with van der Waals surface area (Å²) < 4.78 is 0.645. The number of nitrogen functional groups attached to an aromatic ring is 1. The molecule has 0 fully saturated rings. The molecule has 3 nitrogen and oxygen atoms in total. The maximum absolute atomic E-state index is 11.2. The number of hydrogen-bond acceptors (Lipinski definition) is 2. The summed E-state index contributed by atoms with van der Waals surface area (Å²) in [6.45, 7) is 0. The fraction of sp³-hybridized carbons (Fsp3) is 0. The van der Waals surface area contributed by atoms with Crippen LogP contribution in [0, 0.1) is 0 Å². The van der Waals surface area contributed by atoms with Gasteiger partial charge in [-0.05, 0) is 39.7 Å². The van der Waals surface area contributed by atoms with E-state index in [0.717, 1.165) is 11.1 Å². The molecule has 0 heterocycles. The molecule has 0 bridgehead atoms. The summed E-state index contributed by atoms with van der Waals surface area (Å²) in [4.78, 5) is 11.2. The van der Waals surface area contributed by atoms with Crippen molar-refractivity contribution in [3.05, 3.63) is 51.5 Å². The van der Waals surface area contributed by atoms with Crippen LogP contribution in [0.4, 0.5) is 5.69 Å². The number of halogens is 2. The van der Waals surface area contributed by atoms with Gasteiger partial charge >= 0.3 is 0 Å². The van der Waals surface area contributed by atoms with Crippen LogP contribution >= 0.6 is 27.5 Å². The van der Waals surface area contributed by atoms with Crippen LogP contribution < -0.4 is 11.5 Å². The monoisotopic (exact) mass is 324 g/mol. The predicted octanol–water partition coefficient (Wildman–Crippen LogP) is 3.45. The first-order valence-electron chi connectivity index (χ1n) is 5.14. The number of amides is 1. The molecule has 2 aromatic carbocycles. The Balaban J connectivity index is 2.59. The highest BCUT2D eigenvalue weighted by molar-refractivity contribution is 9.10. The van der Waals surface area contributed by atoms with Crippen molar-refractivity contribution in [2.24, 2.45) is 5.73 Å². The minimum atomic E-state index is -0.469. The number of rotatable bonds is 2. The summed E-state index contributed by atoms with van der Waals surface area (Å²) in [6.07, 6.45) is 0. The molecular formula is C13H10BrClN2O. The standard InChI is InChI=1S/C13H10BrClN2O/c14-11-10(15)5-4-9(12(11)16)7-2-1-3-8(6-7)13(17)18/h1-6H,16H2,(H2,17,18). The van der Waals surface area contributed by atoms with Crippen LogP contribution in [0.5, 0.6) is 0 Å². The van der Waals surface area contributed by atoms with Gasteiger partial charge in [-0.15, -0.1) is 0 Å². The van der Waals surface area contributed by atoms with Crippen LogP contribution in [0.2, 0.25) is 5.02 Å². The van der Waals surface area contributed by atoms with E-state index in [1.54, 1.807) is 24.3 Å². The van der Waals surface area contributed by atoms with Gasteiger partial charge in [0, 0.05) is 11.1 Å². The summed E-state index contributed by atoms with van der Waals surface area (Å²) in [5, 5.41) is 0.544. The number of carbonyl (C=O) groups excluding carboxylic acids is 1. The third-order valence-corrected chi connectivity index (χ3v) is 3.99. The number of benzene rings is 2. The summed E-state index contributed by atoms with van der Waals surface area (Å²) in [5.41, 5.74) is 13.8. The lowest BCUT2D eigenvalue weighted by Gasteiger charge is -2.09. The van der Waals surface area contributed by atoms with Gasteiger partial charge in [-0.3, -0.25) is 4.79 Å². The molecule has 2 aromatic rings. The molecule has 0 unspecified atom stereocenters. The van der Waals surface area contributed by atoms with Crippen molar-refractivity contribution in [2.45, 2.75) is 0 Å². The molecule has 0 atom stereocenters. The Morgan fingerprint density at radius 1 is 1.22 bits per heavy atom. The zero-order chi connectivity index (χ0) is 13.3. The molecule has 92 valence electrons. The summed E-state index contributed by atoms with van der Waals surface area (Å²) in [6, 6.07) is 10.5. The minimum Gasteiger partial charge on any atom is -0.397 e. The molecule has 1 amide bonds. The maximum Gasteiger partial charge on any atom is 0.248 e. The number of anilines is 1. The first-order chi connectivity index (χ1) is 8.50. The quantitative estimate of drug-likeness (QED) is 0.830. The number of primary amides is 1. The van der Waals surface area contributed by atoms with Gasteiger partial charge in [0.2, 0.25) is 5.91 Å². The molecule has 0 spiro atoms. The van der Waals surface area contributed by atoms with Gasteiger partial charge in [0.25, 0.3) is 0 Å². The lowest BCUT2D eigenvalue weighted by atomic mass is 10.0. The lowest BCUT2D eigenvalue weighted by molar-refractivity contribution is 0.100. The largest absolute Gasteiger partial charge is 0.397 e. The van der Waals surface area contributed by atoms with E-state index < -0.39 is 5.91 Å². The van der Waals surface area contributed by atoms with Crippen molar-refractivity contribution >= 4 is 39.1 Å². The van der Waals surface area contributed by atoms with E-state index in [9.17, 15) is 4.79 Å². The van der Waals surface area contributed by atoms with Gasteiger partial charge in [0.1, 0.15) is 0 Å². The Morgan fingerprint density at radius 3 is 2.61 bits per heavy atom. The molecule has 0 saturated heterocycles. The van der Waals surface area contributed by atoms with Crippen LogP contribution in [0.1, 0.15) is 10.4 Å². The van der Waals surface area contributed by atoms with Crippen LogP contribution in [0.15, 0.2) is 40.9 Å². The third-order valence-electron chi connectivity index (χ3n) is 2.59. The van der Waals surface area contributed by atoms with E-state index in [2.05, 4.69) is 15.9 Å². The molecule has 0 aliphatic carbocycles. The Labute approximate surface area is 118 Å². The molecule has 4 N–H and O–H groups in total. The lowest BCUT2D eigenvalue weighted by Crippen LogP contribution is -2.10. The first-order valence-corrected chi connectivity index (χ1v) is 6.31. The van der Waals surface area contributed by atoms with Crippen molar-refractivity contribution in [3.8, 4) is 11.1 Å². The van der Waals surface area contributed by atoms with Gasteiger partial charge in [-0.1, -0.05) is 29.8 Å². The molecule has 0 aliphatic heterocycles. The second-order valence-electron chi connectivity index (χ2n) is 3.77. The van der Waals surface area contributed by atoms with Gasteiger partial charge in [0.15, 0.2) is 0 Å². The first kappa shape index (κ1) is 12.9. The van der Waals surface area contributed by atoms with E-state index in [-0.39, 0.29) is 0 Å². The second-order valence-corrected chi connectivity index (χ2v) is 4.97. The van der Waals surface area contributed by atoms with Crippen LogP contribution in [0.25, 0.3) is 11.1 Å². The van der Waals surface area contributed by atoms with Crippen molar-refractivity contribution in [2.75, 3.05) is 5.73 Å². The molecule has 0 aromatic heterocycles. The molecule has 2 rings (SSSR count). The van der Waals surface area contributed by atoms with Crippen molar-refractivity contribution in [1.82, 2.24) is 0 Å². The topological polar surface area (TPSA) is 69.1 Å². The van der Waals surface area contributed by atoms with E-state index in [1.165, 1.54) is 0 Å². The van der Waals surface area contributed by atoms with Gasteiger partial charge in [0.05, 0.1) is 15.2 Å². The molecule has 0 aliphatic rings. The third kappa shape index (κ3) is 2.35. The average molecular weight is 326 g/mol. The van der Waals surface area contributed by atoms with E-state index in [1.807, 2.05) is 12.1 Å². The van der Waals surface area contributed by atoms with Crippen LogP contribution in [-0.2, 0) is 0 Å². The van der Waals surface area contributed by atoms with Crippen molar-refractivity contribution < 1.29 is 4.79 Å². The summed E-state index contributed by atoms with van der Waals surface area (Å²) in [7, 11) is 0. The van der Waals surface area contributed by atoms with Crippen molar-refractivity contribution in [1.29, 1.82) is 0 Å². The molecule has 0 saturated carbocycles. The highest BCUT2D eigenvalue weighted by Gasteiger charge is 2.10.